The van der Waals surface area contributed by atoms with Gasteiger partial charge in [-0.15, -0.1) is 0 Å². The minimum atomic E-state index is -0.988. The van der Waals surface area contributed by atoms with Crippen molar-refractivity contribution >= 4 is 11.5 Å². The number of nitro benzene ring substituents is 1. The maximum atomic E-state index is 14.0. The molecule has 1 aliphatic rings. The van der Waals surface area contributed by atoms with Crippen LogP contribution < -0.4 is 5.73 Å². The first-order valence-corrected chi connectivity index (χ1v) is 7.57. The van der Waals surface area contributed by atoms with Crippen molar-refractivity contribution in [3.63, 3.8) is 0 Å². The van der Waals surface area contributed by atoms with Crippen molar-refractivity contribution in [3.8, 4) is 0 Å². The van der Waals surface area contributed by atoms with Gasteiger partial charge in [0.25, 0.3) is 5.69 Å². The summed E-state index contributed by atoms with van der Waals surface area (Å²) < 4.78 is 14.0. The summed E-state index contributed by atoms with van der Waals surface area (Å²) in [7, 11) is 0. The predicted octanol–water partition coefficient (Wildman–Crippen LogP) is 3.45. The maximum Gasteiger partial charge on any atom is 0.269 e. The van der Waals surface area contributed by atoms with Crippen LogP contribution in [0.4, 0.5) is 10.1 Å². The summed E-state index contributed by atoms with van der Waals surface area (Å²) in [5.41, 5.74) is 5.18. The number of ketones is 1. The molecule has 0 bridgehead atoms. The lowest BCUT2D eigenvalue weighted by Gasteiger charge is -2.26. The molecule has 2 atom stereocenters. The van der Waals surface area contributed by atoms with Crippen molar-refractivity contribution in [1.82, 2.24) is 0 Å². The number of nitro groups is 1. The van der Waals surface area contributed by atoms with E-state index in [0.29, 0.717) is 25.0 Å². The zero-order chi connectivity index (χ0) is 16.3. The van der Waals surface area contributed by atoms with Crippen molar-refractivity contribution in [3.05, 3.63) is 39.7 Å². The van der Waals surface area contributed by atoms with Crippen LogP contribution in [0.2, 0.25) is 0 Å². The fourth-order valence-corrected chi connectivity index (χ4v) is 3.11. The zero-order valence-electron chi connectivity index (χ0n) is 12.7. The Morgan fingerprint density at radius 2 is 2.23 bits per heavy atom. The van der Waals surface area contributed by atoms with Gasteiger partial charge in [0.15, 0.2) is 0 Å². The molecule has 5 nitrogen and oxygen atoms in total. The lowest BCUT2D eigenvalue weighted by atomic mass is 9.85. The van der Waals surface area contributed by atoms with Crippen LogP contribution in [0.3, 0.4) is 0 Å². The highest BCUT2D eigenvalue weighted by molar-refractivity contribution is 5.82. The van der Waals surface area contributed by atoms with Crippen LogP contribution in [-0.4, -0.2) is 10.7 Å². The van der Waals surface area contributed by atoms with Crippen molar-refractivity contribution in [2.24, 2.45) is 11.7 Å². The maximum absolute atomic E-state index is 14.0. The lowest BCUT2D eigenvalue weighted by Crippen LogP contribution is -2.34. The summed E-state index contributed by atoms with van der Waals surface area (Å²) in [4.78, 5) is 21.9. The van der Waals surface area contributed by atoms with Crippen LogP contribution in [-0.2, 0) is 10.3 Å². The summed E-state index contributed by atoms with van der Waals surface area (Å²) in [5.74, 6) is -0.126. The third-order valence-electron chi connectivity index (χ3n) is 4.46. The topological polar surface area (TPSA) is 86.2 Å². The van der Waals surface area contributed by atoms with E-state index >= 15 is 0 Å². The van der Waals surface area contributed by atoms with Crippen LogP contribution in [0.15, 0.2) is 18.2 Å². The van der Waals surface area contributed by atoms with E-state index in [1.54, 1.807) is 6.92 Å². The predicted molar refractivity (Wildman–Crippen MR) is 80.8 cm³/mol. The standard InChI is InChI=1S/C16H21FN2O3/c1-16(18,9-3-5-11-4-2-6-15(11)20)13-10-12(19(21)22)7-8-14(13)17/h7-8,10-11H,2-6,9,18H2,1H3. The van der Waals surface area contributed by atoms with Gasteiger partial charge in [0.2, 0.25) is 0 Å². The van der Waals surface area contributed by atoms with Gasteiger partial charge >= 0.3 is 0 Å². The second-order valence-corrected chi connectivity index (χ2v) is 6.29. The molecule has 0 saturated heterocycles. The van der Waals surface area contributed by atoms with Gasteiger partial charge in [-0.2, -0.15) is 0 Å². The molecule has 120 valence electrons. The average Bonchev–Trinajstić information content (AvgIpc) is 2.84. The SMILES string of the molecule is CC(N)(CCCC1CCCC1=O)c1cc([N+](=O)[O-])ccc1F. The monoisotopic (exact) mass is 308 g/mol. The molecule has 1 fully saturated rings. The molecule has 0 radical (unpaired) electrons. The van der Waals surface area contributed by atoms with E-state index in [-0.39, 0.29) is 17.2 Å². The first kappa shape index (κ1) is 16.5. The van der Waals surface area contributed by atoms with Crippen molar-refractivity contribution in [2.75, 3.05) is 0 Å². The zero-order valence-corrected chi connectivity index (χ0v) is 12.7. The van der Waals surface area contributed by atoms with Gasteiger partial charge in [-0.05, 0) is 38.7 Å². The number of carbonyl (C=O) groups excluding carboxylic acids is 1. The minimum absolute atomic E-state index is 0.103. The molecule has 1 aliphatic carbocycles. The minimum Gasteiger partial charge on any atom is -0.322 e. The fourth-order valence-electron chi connectivity index (χ4n) is 3.11. The van der Waals surface area contributed by atoms with E-state index in [1.807, 2.05) is 0 Å². The number of non-ortho nitro benzene ring substituents is 1. The van der Waals surface area contributed by atoms with Gasteiger partial charge in [0.05, 0.1) is 4.92 Å². The lowest BCUT2D eigenvalue weighted by molar-refractivity contribution is -0.385. The molecule has 0 aliphatic heterocycles. The number of Topliss-reactive ketones (excluding diaryl/α,β-unsaturated/α-hetero) is 1. The third-order valence-corrected chi connectivity index (χ3v) is 4.46. The Morgan fingerprint density at radius 1 is 1.50 bits per heavy atom. The number of rotatable bonds is 6. The van der Waals surface area contributed by atoms with Gasteiger partial charge in [-0.3, -0.25) is 14.9 Å². The average molecular weight is 308 g/mol. The smallest absolute Gasteiger partial charge is 0.269 e. The molecule has 0 aromatic heterocycles. The Labute approximate surface area is 128 Å². The molecule has 22 heavy (non-hydrogen) atoms. The number of hydrogen-bond donors (Lipinski definition) is 1. The van der Waals surface area contributed by atoms with Gasteiger partial charge in [-0.1, -0.05) is 6.42 Å². The van der Waals surface area contributed by atoms with E-state index in [0.717, 1.165) is 31.4 Å². The normalized spacial score (nSPS) is 20.9. The third kappa shape index (κ3) is 3.68. The van der Waals surface area contributed by atoms with Crippen molar-refractivity contribution in [1.29, 1.82) is 0 Å². The van der Waals surface area contributed by atoms with Crippen LogP contribution >= 0.6 is 0 Å². The summed E-state index contributed by atoms with van der Waals surface area (Å²) in [6.07, 6.45) is 4.46. The van der Waals surface area contributed by atoms with E-state index in [1.165, 1.54) is 6.07 Å². The second kappa shape index (κ2) is 6.52. The molecule has 1 saturated carbocycles. The van der Waals surface area contributed by atoms with E-state index in [2.05, 4.69) is 0 Å². The van der Waals surface area contributed by atoms with Gasteiger partial charge in [-0.25, -0.2) is 4.39 Å². The van der Waals surface area contributed by atoms with E-state index < -0.39 is 16.3 Å². The van der Waals surface area contributed by atoms with Crippen LogP contribution in [0.5, 0.6) is 0 Å². The highest BCUT2D eigenvalue weighted by atomic mass is 19.1. The summed E-state index contributed by atoms with van der Waals surface area (Å²) in [5, 5.41) is 10.8. The highest BCUT2D eigenvalue weighted by Crippen LogP contribution is 2.32. The molecule has 0 amide bonds. The molecule has 0 spiro atoms. The molecule has 1 aromatic rings. The van der Waals surface area contributed by atoms with Crippen molar-refractivity contribution in [2.45, 2.75) is 51.0 Å². The Balaban J connectivity index is 2.04. The highest BCUT2D eigenvalue weighted by Gasteiger charge is 2.29. The van der Waals surface area contributed by atoms with Crippen LogP contribution in [0, 0.1) is 21.8 Å². The van der Waals surface area contributed by atoms with Crippen molar-refractivity contribution < 1.29 is 14.1 Å². The molecule has 1 aromatic carbocycles. The number of nitrogens with two attached hydrogens (primary N) is 1. The Hall–Kier alpha value is -1.82. The van der Waals surface area contributed by atoms with E-state index in [4.69, 9.17) is 5.73 Å². The second-order valence-electron chi connectivity index (χ2n) is 6.29. The largest absolute Gasteiger partial charge is 0.322 e. The number of halogens is 1. The molecular weight excluding hydrogens is 287 g/mol. The Bertz CT molecular complexity index is 587. The summed E-state index contributed by atoms with van der Waals surface area (Å²) in [6.45, 7) is 1.67. The molecule has 2 unspecified atom stereocenters. The number of carbonyl (C=O) groups is 1. The molecule has 6 heteroatoms. The first-order valence-electron chi connectivity index (χ1n) is 7.57. The number of hydrogen-bond acceptors (Lipinski definition) is 4. The first-order chi connectivity index (χ1) is 10.3. The van der Waals surface area contributed by atoms with Gasteiger partial charge in [0, 0.05) is 35.6 Å². The quantitative estimate of drug-likeness (QED) is 0.644. The van der Waals surface area contributed by atoms with Gasteiger partial charge < -0.3 is 5.73 Å². The molecule has 0 heterocycles. The summed E-state index contributed by atoms with van der Waals surface area (Å²) in [6, 6.07) is 3.42. The molecule has 2 rings (SSSR count). The van der Waals surface area contributed by atoms with Gasteiger partial charge in [0.1, 0.15) is 11.6 Å². The fraction of sp³-hybridized carbons (Fsp3) is 0.562. The molecule has 2 N–H and O–H groups in total. The number of nitrogens with zero attached hydrogens (tertiary/aromatic N) is 1. The van der Waals surface area contributed by atoms with Crippen LogP contribution in [0.25, 0.3) is 0 Å². The van der Waals surface area contributed by atoms with Crippen LogP contribution in [0.1, 0.15) is 51.0 Å². The molecular formula is C16H21FN2O3. The Kier molecular flexibility index (Phi) is 4.90. The van der Waals surface area contributed by atoms with E-state index in [9.17, 15) is 19.3 Å². The number of benzene rings is 1. The Morgan fingerprint density at radius 3 is 2.82 bits per heavy atom. The summed E-state index contributed by atoms with van der Waals surface area (Å²) >= 11 is 0.